The molecule has 0 saturated heterocycles. The summed E-state index contributed by atoms with van der Waals surface area (Å²) < 4.78 is 4.57. The van der Waals surface area contributed by atoms with Crippen LogP contribution in [0, 0.1) is 0 Å². The van der Waals surface area contributed by atoms with Crippen LogP contribution in [0.25, 0.3) is 10.9 Å². The van der Waals surface area contributed by atoms with E-state index >= 15 is 0 Å². The van der Waals surface area contributed by atoms with Crippen LogP contribution in [0.2, 0.25) is 0 Å². The Morgan fingerprint density at radius 3 is 3.00 bits per heavy atom. The summed E-state index contributed by atoms with van der Waals surface area (Å²) in [4.78, 5) is 14.1. The summed E-state index contributed by atoms with van der Waals surface area (Å²) in [5, 5.41) is 10.1. The average molecular weight is 205 g/mol. The molecule has 0 amide bonds. The van der Waals surface area contributed by atoms with E-state index in [0.717, 1.165) is 16.6 Å². The van der Waals surface area contributed by atoms with Gasteiger partial charge in [0.15, 0.2) is 0 Å². The van der Waals surface area contributed by atoms with Crippen molar-refractivity contribution in [2.75, 3.05) is 7.11 Å². The summed E-state index contributed by atoms with van der Waals surface area (Å²) in [6, 6.07) is 6.84. The van der Waals surface area contributed by atoms with Crippen molar-refractivity contribution in [3.05, 3.63) is 30.0 Å². The van der Waals surface area contributed by atoms with Crippen molar-refractivity contribution < 1.29 is 14.6 Å². The summed E-state index contributed by atoms with van der Waals surface area (Å²) >= 11 is 0. The molecule has 1 heterocycles. The number of aromatic amines is 1. The number of phenolic OH excluding ortho intramolecular Hbond substituents is 1. The number of fused-ring (bicyclic) bond motifs is 1. The number of hydrogen-bond donors (Lipinski definition) is 2. The molecule has 15 heavy (non-hydrogen) atoms. The summed E-state index contributed by atoms with van der Waals surface area (Å²) in [6.45, 7) is 0. The van der Waals surface area contributed by atoms with Gasteiger partial charge in [-0.3, -0.25) is 4.79 Å². The zero-order valence-corrected chi connectivity index (χ0v) is 8.28. The van der Waals surface area contributed by atoms with Gasteiger partial charge in [0.1, 0.15) is 5.75 Å². The lowest BCUT2D eigenvalue weighted by Gasteiger charge is -1.94. The Balaban J connectivity index is 2.34. The number of carbonyl (C=O) groups is 1. The first-order valence-electron chi connectivity index (χ1n) is 4.56. The quantitative estimate of drug-likeness (QED) is 0.732. The minimum atomic E-state index is -0.286. The Hall–Kier alpha value is -1.97. The number of ether oxygens (including phenoxy) is 1. The van der Waals surface area contributed by atoms with E-state index in [4.69, 9.17) is 0 Å². The third kappa shape index (κ3) is 1.93. The van der Waals surface area contributed by atoms with Crippen LogP contribution in [0.5, 0.6) is 5.75 Å². The number of benzene rings is 1. The second kappa shape index (κ2) is 3.65. The second-order valence-electron chi connectivity index (χ2n) is 3.32. The largest absolute Gasteiger partial charge is 0.508 e. The van der Waals surface area contributed by atoms with Crippen molar-refractivity contribution in [2.45, 2.75) is 6.42 Å². The number of H-pyrrole nitrogens is 1. The molecule has 1 aromatic carbocycles. The normalized spacial score (nSPS) is 10.5. The number of phenols is 1. The van der Waals surface area contributed by atoms with Gasteiger partial charge in [-0.05, 0) is 24.3 Å². The number of methoxy groups -OCH3 is 1. The molecule has 4 nitrogen and oxygen atoms in total. The molecule has 0 atom stereocenters. The van der Waals surface area contributed by atoms with Crippen LogP contribution in [0.4, 0.5) is 0 Å². The Kier molecular flexibility index (Phi) is 2.33. The van der Waals surface area contributed by atoms with Crippen molar-refractivity contribution in [3.63, 3.8) is 0 Å². The van der Waals surface area contributed by atoms with Gasteiger partial charge in [0, 0.05) is 16.6 Å². The maximum atomic E-state index is 11.0. The van der Waals surface area contributed by atoms with E-state index in [0.29, 0.717) is 0 Å². The minimum absolute atomic E-state index is 0.214. The number of carbonyl (C=O) groups excluding carboxylic acids is 1. The molecule has 78 valence electrons. The smallest absolute Gasteiger partial charge is 0.311 e. The SMILES string of the molecule is COC(=O)Cc1cc2cc(O)ccc2[nH]1. The second-order valence-corrected chi connectivity index (χ2v) is 3.32. The minimum Gasteiger partial charge on any atom is -0.508 e. The molecule has 2 aromatic rings. The van der Waals surface area contributed by atoms with Crippen LogP contribution < -0.4 is 0 Å². The van der Waals surface area contributed by atoms with Gasteiger partial charge in [-0.25, -0.2) is 0 Å². The number of hydrogen-bond acceptors (Lipinski definition) is 3. The molecule has 0 saturated carbocycles. The van der Waals surface area contributed by atoms with Crippen LogP contribution in [0.1, 0.15) is 5.69 Å². The monoisotopic (exact) mass is 205 g/mol. The summed E-state index contributed by atoms with van der Waals surface area (Å²) in [6.07, 6.45) is 0.214. The molecule has 0 aliphatic rings. The zero-order chi connectivity index (χ0) is 10.8. The highest BCUT2D eigenvalue weighted by molar-refractivity contribution is 5.83. The molecule has 0 radical (unpaired) electrons. The summed E-state index contributed by atoms with van der Waals surface area (Å²) in [5.74, 6) is -0.0723. The molecule has 0 aliphatic heterocycles. The van der Waals surface area contributed by atoms with Crippen LogP contribution in [0.15, 0.2) is 24.3 Å². The van der Waals surface area contributed by atoms with E-state index in [1.54, 1.807) is 18.2 Å². The van der Waals surface area contributed by atoms with E-state index in [9.17, 15) is 9.90 Å². The zero-order valence-electron chi connectivity index (χ0n) is 8.28. The molecule has 1 aromatic heterocycles. The number of aromatic hydroxyl groups is 1. The lowest BCUT2D eigenvalue weighted by molar-refractivity contribution is -0.139. The lowest BCUT2D eigenvalue weighted by atomic mass is 10.2. The Bertz CT molecular complexity index is 502. The maximum Gasteiger partial charge on any atom is 0.311 e. The molecule has 2 N–H and O–H groups in total. The molecular formula is C11H11NO3. The molecule has 0 bridgehead atoms. The molecule has 2 rings (SSSR count). The van der Waals surface area contributed by atoms with Gasteiger partial charge in [-0.15, -0.1) is 0 Å². The number of esters is 1. The fourth-order valence-corrected chi connectivity index (χ4v) is 1.50. The molecule has 0 fully saturated rings. The number of nitrogens with one attached hydrogen (secondary N) is 1. The van der Waals surface area contributed by atoms with Gasteiger partial charge in [0.2, 0.25) is 0 Å². The van der Waals surface area contributed by atoms with Gasteiger partial charge in [-0.1, -0.05) is 0 Å². The van der Waals surface area contributed by atoms with E-state index < -0.39 is 0 Å². The summed E-state index contributed by atoms with van der Waals surface area (Å²) in [7, 11) is 1.36. The number of rotatable bonds is 2. The fourth-order valence-electron chi connectivity index (χ4n) is 1.50. The van der Waals surface area contributed by atoms with Gasteiger partial charge in [0.25, 0.3) is 0 Å². The van der Waals surface area contributed by atoms with Crippen LogP contribution in [-0.4, -0.2) is 23.2 Å². The first-order valence-corrected chi connectivity index (χ1v) is 4.56. The van der Waals surface area contributed by atoms with Gasteiger partial charge >= 0.3 is 5.97 Å². The topological polar surface area (TPSA) is 62.3 Å². The van der Waals surface area contributed by atoms with Crippen molar-refractivity contribution in [1.29, 1.82) is 0 Å². The highest BCUT2D eigenvalue weighted by atomic mass is 16.5. The Labute approximate surface area is 86.5 Å². The maximum absolute atomic E-state index is 11.0. The lowest BCUT2D eigenvalue weighted by Crippen LogP contribution is -2.04. The third-order valence-electron chi connectivity index (χ3n) is 2.22. The number of aromatic nitrogens is 1. The van der Waals surface area contributed by atoms with Crippen LogP contribution in [0.3, 0.4) is 0 Å². The van der Waals surface area contributed by atoms with Crippen molar-refractivity contribution in [3.8, 4) is 5.75 Å². The first kappa shape index (κ1) is 9.58. The molecule has 0 unspecified atom stereocenters. The van der Waals surface area contributed by atoms with Crippen LogP contribution in [-0.2, 0) is 16.0 Å². The molecule has 4 heteroatoms. The van der Waals surface area contributed by atoms with E-state index in [-0.39, 0.29) is 18.1 Å². The summed E-state index contributed by atoms with van der Waals surface area (Å²) in [5.41, 5.74) is 1.68. The Morgan fingerprint density at radius 1 is 1.47 bits per heavy atom. The standard InChI is InChI=1S/C11H11NO3/c1-15-11(14)6-8-4-7-5-9(13)2-3-10(7)12-8/h2-5,12-13H,6H2,1H3. The Morgan fingerprint density at radius 2 is 2.27 bits per heavy atom. The van der Waals surface area contributed by atoms with E-state index in [1.165, 1.54) is 7.11 Å². The van der Waals surface area contributed by atoms with Crippen molar-refractivity contribution >= 4 is 16.9 Å². The fraction of sp³-hybridized carbons (Fsp3) is 0.182. The average Bonchev–Trinajstić information content (AvgIpc) is 2.59. The van der Waals surface area contributed by atoms with Gasteiger partial charge in [0.05, 0.1) is 13.5 Å². The molecular weight excluding hydrogens is 194 g/mol. The predicted molar refractivity (Wildman–Crippen MR) is 55.7 cm³/mol. The predicted octanol–water partition coefficient (Wildman–Crippen LogP) is 1.59. The van der Waals surface area contributed by atoms with E-state index in [1.807, 2.05) is 6.07 Å². The highest BCUT2D eigenvalue weighted by Gasteiger charge is 2.06. The van der Waals surface area contributed by atoms with E-state index in [2.05, 4.69) is 9.72 Å². The molecule has 0 aliphatic carbocycles. The van der Waals surface area contributed by atoms with Crippen LogP contribution >= 0.6 is 0 Å². The van der Waals surface area contributed by atoms with Crippen molar-refractivity contribution in [1.82, 2.24) is 4.98 Å². The first-order chi connectivity index (χ1) is 7.19. The molecule has 0 spiro atoms. The van der Waals surface area contributed by atoms with Crippen molar-refractivity contribution in [2.24, 2.45) is 0 Å². The van der Waals surface area contributed by atoms with Gasteiger partial charge in [-0.2, -0.15) is 0 Å². The highest BCUT2D eigenvalue weighted by Crippen LogP contribution is 2.20. The van der Waals surface area contributed by atoms with Gasteiger partial charge < -0.3 is 14.8 Å². The third-order valence-corrected chi connectivity index (χ3v) is 2.22.